The van der Waals surface area contributed by atoms with E-state index in [4.69, 9.17) is 0 Å². The molecule has 0 atom stereocenters. The summed E-state index contributed by atoms with van der Waals surface area (Å²) in [4.78, 5) is 20.8. The first kappa shape index (κ1) is 20.5. The molecule has 0 fully saturated rings. The molecule has 2 aromatic carbocycles. The molecule has 0 saturated heterocycles. The molecule has 2 aliphatic rings. The number of phenolic OH excluding ortho intramolecular Hbond substituents is 1. The lowest BCUT2D eigenvalue weighted by Gasteiger charge is -2.37. The van der Waals surface area contributed by atoms with E-state index in [2.05, 4.69) is 45.7 Å². The molecule has 30 heavy (non-hydrogen) atoms. The Balaban J connectivity index is 1.87. The molecule has 0 aliphatic carbocycles. The van der Waals surface area contributed by atoms with Gasteiger partial charge in [-0.05, 0) is 74.5 Å². The molecule has 7 heteroatoms. The van der Waals surface area contributed by atoms with E-state index in [0.29, 0.717) is 18.8 Å². The number of rotatable bonds is 4. The minimum atomic E-state index is -0.921. The topological polar surface area (TPSA) is 70.5 Å². The van der Waals surface area contributed by atoms with Crippen molar-refractivity contribution in [3.8, 4) is 16.9 Å². The van der Waals surface area contributed by atoms with Gasteiger partial charge in [0.1, 0.15) is 5.75 Å². The average molecular weight is 411 g/mol. The molecule has 2 aliphatic heterocycles. The number of carboxylic acid groups (broad SMARTS) is 1. The lowest BCUT2D eigenvalue weighted by atomic mass is 9.93. The fourth-order valence-electron chi connectivity index (χ4n) is 4.77. The van der Waals surface area contributed by atoms with Crippen LogP contribution in [-0.2, 0) is 13.1 Å². The van der Waals surface area contributed by atoms with Crippen LogP contribution in [0.5, 0.6) is 5.75 Å². The van der Waals surface area contributed by atoms with Gasteiger partial charge >= 0.3 is 5.97 Å². The molecule has 0 saturated carbocycles. The monoisotopic (exact) mass is 410 g/mol. The number of aromatic carboxylic acids is 1. The highest BCUT2D eigenvalue weighted by molar-refractivity contribution is 5.97. The molecular weight excluding hydrogens is 380 g/mol. The van der Waals surface area contributed by atoms with E-state index in [1.807, 2.05) is 14.0 Å². The Kier molecular flexibility index (Phi) is 5.34. The summed E-state index contributed by atoms with van der Waals surface area (Å²) >= 11 is 0. The standard InChI is InChI=1S/C23H30N4O3/c1-5-26-13-24(3)11-17-7-15(9-19(21(17)26)23(29)30)16-8-18-12-25(4)14-27(6-2)22(18)20(28)10-16/h7-10,28H,5-6,11-14H2,1-4H3,(H,29,30). The van der Waals surface area contributed by atoms with E-state index >= 15 is 0 Å². The summed E-state index contributed by atoms with van der Waals surface area (Å²) in [6.45, 7) is 8.61. The summed E-state index contributed by atoms with van der Waals surface area (Å²) in [5.74, 6) is -0.672. The Hall–Kier alpha value is -2.77. The molecule has 0 spiro atoms. The van der Waals surface area contributed by atoms with Gasteiger partial charge in [0, 0.05) is 26.2 Å². The number of benzene rings is 2. The van der Waals surface area contributed by atoms with Crippen molar-refractivity contribution < 1.29 is 15.0 Å². The maximum absolute atomic E-state index is 12.1. The fraction of sp³-hybridized carbons (Fsp3) is 0.435. The lowest BCUT2D eigenvalue weighted by Crippen LogP contribution is -2.41. The minimum absolute atomic E-state index is 0.249. The van der Waals surface area contributed by atoms with E-state index in [9.17, 15) is 15.0 Å². The quantitative estimate of drug-likeness (QED) is 0.802. The van der Waals surface area contributed by atoms with Crippen LogP contribution in [0.3, 0.4) is 0 Å². The molecule has 7 nitrogen and oxygen atoms in total. The fourth-order valence-corrected chi connectivity index (χ4v) is 4.77. The van der Waals surface area contributed by atoms with Crippen LogP contribution in [-0.4, -0.2) is 66.5 Å². The third kappa shape index (κ3) is 3.48. The molecule has 2 aromatic rings. The first-order chi connectivity index (χ1) is 14.3. The number of nitrogens with zero attached hydrogens (tertiary/aromatic N) is 4. The molecular formula is C23H30N4O3. The summed E-state index contributed by atoms with van der Waals surface area (Å²) in [5.41, 5.74) is 5.75. The number of carboxylic acids is 1. The van der Waals surface area contributed by atoms with Gasteiger partial charge in [-0.3, -0.25) is 9.80 Å². The zero-order chi connectivity index (χ0) is 21.6. The zero-order valence-electron chi connectivity index (χ0n) is 18.1. The van der Waals surface area contributed by atoms with Crippen LogP contribution in [0.1, 0.15) is 35.3 Å². The van der Waals surface area contributed by atoms with Crippen molar-refractivity contribution in [2.45, 2.75) is 26.9 Å². The Morgan fingerprint density at radius 1 is 0.867 bits per heavy atom. The van der Waals surface area contributed by atoms with Crippen LogP contribution < -0.4 is 9.80 Å². The highest BCUT2D eigenvalue weighted by Gasteiger charge is 2.27. The number of fused-ring (bicyclic) bond motifs is 2. The van der Waals surface area contributed by atoms with Crippen LogP contribution >= 0.6 is 0 Å². The molecule has 0 bridgehead atoms. The second-order valence-electron chi connectivity index (χ2n) is 8.36. The van der Waals surface area contributed by atoms with Gasteiger partial charge < -0.3 is 20.0 Å². The Morgan fingerprint density at radius 2 is 1.37 bits per heavy atom. The van der Waals surface area contributed by atoms with E-state index in [1.54, 1.807) is 12.1 Å². The van der Waals surface area contributed by atoms with Crippen LogP contribution in [0.4, 0.5) is 11.4 Å². The molecule has 4 rings (SSSR count). The number of hydrogen-bond acceptors (Lipinski definition) is 6. The van der Waals surface area contributed by atoms with Gasteiger partial charge in [-0.25, -0.2) is 4.79 Å². The molecule has 2 heterocycles. The predicted molar refractivity (Wildman–Crippen MR) is 119 cm³/mol. The summed E-state index contributed by atoms with van der Waals surface area (Å²) in [6, 6.07) is 7.68. The van der Waals surface area contributed by atoms with Gasteiger partial charge in [0.2, 0.25) is 0 Å². The van der Waals surface area contributed by atoms with Crippen LogP contribution in [0.15, 0.2) is 24.3 Å². The van der Waals surface area contributed by atoms with Gasteiger partial charge in [0.15, 0.2) is 0 Å². The number of phenols is 1. The van der Waals surface area contributed by atoms with E-state index in [0.717, 1.165) is 59.9 Å². The minimum Gasteiger partial charge on any atom is -0.506 e. The van der Waals surface area contributed by atoms with Gasteiger partial charge in [-0.1, -0.05) is 0 Å². The summed E-state index contributed by atoms with van der Waals surface area (Å²) in [6.07, 6.45) is 0. The number of carbonyl (C=O) groups is 1. The van der Waals surface area contributed by atoms with E-state index in [1.165, 1.54) is 0 Å². The molecule has 0 unspecified atom stereocenters. The van der Waals surface area contributed by atoms with Crippen LogP contribution in [0.25, 0.3) is 11.1 Å². The Morgan fingerprint density at radius 3 is 1.90 bits per heavy atom. The van der Waals surface area contributed by atoms with Crippen molar-refractivity contribution in [1.82, 2.24) is 9.80 Å². The van der Waals surface area contributed by atoms with Crippen molar-refractivity contribution in [2.24, 2.45) is 0 Å². The van der Waals surface area contributed by atoms with Crippen LogP contribution in [0.2, 0.25) is 0 Å². The largest absolute Gasteiger partial charge is 0.506 e. The van der Waals surface area contributed by atoms with Crippen molar-refractivity contribution in [3.63, 3.8) is 0 Å². The third-order valence-corrected chi connectivity index (χ3v) is 6.02. The molecule has 0 aromatic heterocycles. The van der Waals surface area contributed by atoms with E-state index in [-0.39, 0.29) is 5.75 Å². The highest BCUT2D eigenvalue weighted by atomic mass is 16.4. The molecule has 2 N–H and O–H groups in total. The maximum atomic E-state index is 12.1. The zero-order valence-corrected chi connectivity index (χ0v) is 18.1. The lowest BCUT2D eigenvalue weighted by molar-refractivity contribution is 0.0697. The first-order valence-electron chi connectivity index (χ1n) is 10.5. The normalized spacial score (nSPS) is 17.1. The third-order valence-electron chi connectivity index (χ3n) is 6.02. The van der Waals surface area contributed by atoms with E-state index < -0.39 is 5.97 Å². The second-order valence-corrected chi connectivity index (χ2v) is 8.36. The SMILES string of the molecule is CCN1CN(C)Cc2cc(-c3cc4c(c(C(=O)O)c3)N(CC)CN(C)C4)cc(O)c21. The number of aromatic hydroxyl groups is 1. The Bertz CT molecular complexity index is 991. The van der Waals surface area contributed by atoms with Crippen molar-refractivity contribution in [2.75, 3.05) is 50.3 Å². The average Bonchev–Trinajstić information content (AvgIpc) is 2.70. The first-order valence-corrected chi connectivity index (χ1v) is 10.5. The van der Waals surface area contributed by atoms with Gasteiger partial charge in [0.05, 0.1) is 30.3 Å². The summed E-state index contributed by atoms with van der Waals surface area (Å²) in [5, 5.41) is 20.8. The molecule has 160 valence electrons. The highest BCUT2D eigenvalue weighted by Crippen LogP contribution is 2.41. The van der Waals surface area contributed by atoms with Gasteiger partial charge in [0.25, 0.3) is 0 Å². The molecule has 0 amide bonds. The Labute approximate surface area is 177 Å². The van der Waals surface area contributed by atoms with Crippen molar-refractivity contribution in [1.29, 1.82) is 0 Å². The van der Waals surface area contributed by atoms with Gasteiger partial charge in [-0.2, -0.15) is 0 Å². The summed E-state index contributed by atoms with van der Waals surface area (Å²) in [7, 11) is 4.10. The number of anilines is 2. The van der Waals surface area contributed by atoms with Crippen molar-refractivity contribution >= 4 is 17.3 Å². The van der Waals surface area contributed by atoms with Crippen molar-refractivity contribution in [3.05, 3.63) is 41.0 Å². The van der Waals surface area contributed by atoms with Gasteiger partial charge in [-0.15, -0.1) is 0 Å². The smallest absolute Gasteiger partial charge is 0.337 e. The summed E-state index contributed by atoms with van der Waals surface area (Å²) < 4.78 is 0. The predicted octanol–water partition coefficient (Wildman–Crippen LogP) is 3.22. The maximum Gasteiger partial charge on any atom is 0.337 e. The van der Waals surface area contributed by atoms with Crippen LogP contribution in [0, 0.1) is 0 Å². The number of hydrogen-bond donors (Lipinski definition) is 2. The second kappa shape index (κ2) is 7.81. The molecule has 0 radical (unpaired) electrons.